The number of methoxy groups -OCH3 is 1. The molecule has 6 nitrogen and oxygen atoms in total. The Kier molecular flexibility index (Phi) is 6.29. The zero-order valence-electron chi connectivity index (χ0n) is 15.1. The number of carbonyl (C=O) groups is 2. The van der Waals surface area contributed by atoms with Crippen LogP contribution in [0, 0.1) is 0 Å². The Labute approximate surface area is 163 Å². The summed E-state index contributed by atoms with van der Waals surface area (Å²) < 4.78 is 4.68. The van der Waals surface area contributed by atoms with Gasteiger partial charge in [-0.25, -0.2) is 9.78 Å². The van der Waals surface area contributed by atoms with E-state index in [0.717, 1.165) is 18.7 Å². The van der Waals surface area contributed by atoms with Crippen LogP contribution < -0.4 is 10.6 Å². The van der Waals surface area contributed by atoms with E-state index in [0.29, 0.717) is 27.9 Å². The quantitative estimate of drug-likeness (QED) is 0.737. The number of nitrogens with one attached hydrogen (secondary N) is 2. The SMILES string of the molecule is COC(=O)c1ccc(Cl)c(NC(=O)c2ccc(NC3CCCCC3)nc2)c1. The van der Waals surface area contributed by atoms with E-state index in [2.05, 4.69) is 20.4 Å². The van der Waals surface area contributed by atoms with Crippen molar-refractivity contribution < 1.29 is 14.3 Å². The van der Waals surface area contributed by atoms with Gasteiger partial charge in [0.2, 0.25) is 0 Å². The molecule has 2 aromatic rings. The largest absolute Gasteiger partial charge is 0.465 e. The Balaban J connectivity index is 1.66. The maximum Gasteiger partial charge on any atom is 0.337 e. The number of aromatic nitrogens is 1. The Bertz CT molecular complexity index is 818. The molecule has 2 N–H and O–H groups in total. The normalized spacial score (nSPS) is 14.4. The molecule has 1 aliphatic rings. The highest BCUT2D eigenvalue weighted by Gasteiger charge is 2.15. The van der Waals surface area contributed by atoms with Crippen LogP contribution in [0.2, 0.25) is 5.02 Å². The number of anilines is 2. The smallest absolute Gasteiger partial charge is 0.337 e. The summed E-state index contributed by atoms with van der Waals surface area (Å²) >= 11 is 6.12. The molecule has 0 radical (unpaired) electrons. The second-order valence-corrected chi connectivity index (χ2v) is 6.96. The molecule has 27 heavy (non-hydrogen) atoms. The molecule has 1 amide bonds. The number of nitrogens with zero attached hydrogens (tertiary/aromatic N) is 1. The predicted molar refractivity (Wildman–Crippen MR) is 105 cm³/mol. The van der Waals surface area contributed by atoms with E-state index in [-0.39, 0.29) is 5.91 Å². The lowest BCUT2D eigenvalue weighted by molar-refractivity contribution is 0.0600. The van der Waals surface area contributed by atoms with Crippen molar-refractivity contribution in [1.29, 1.82) is 0 Å². The number of hydrogen-bond donors (Lipinski definition) is 2. The first kappa shape index (κ1) is 19.2. The van der Waals surface area contributed by atoms with Gasteiger partial charge in [-0.05, 0) is 43.2 Å². The molecule has 1 fully saturated rings. The Morgan fingerprint density at radius 3 is 2.52 bits per heavy atom. The van der Waals surface area contributed by atoms with Crippen molar-refractivity contribution in [3.05, 3.63) is 52.7 Å². The molecule has 1 saturated carbocycles. The number of carbonyl (C=O) groups excluding carboxylic acids is 2. The van der Waals surface area contributed by atoms with Crippen molar-refractivity contribution in [1.82, 2.24) is 4.98 Å². The first-order chi connectivity index (χ1) is 13.1. The Hall–Kier alpha value is -2.60. The second kappa shape index (κ2) is 8.86. The van der Waals surface area contributed by atoms with Crippen molar-refractivity contribution in [2.24, 2.45) is 0 Å². The van der Waals surface area contributed by atoms with Gasteiger partial charge >= 0.3 is 5.97 Å². The van der Waals surface area contributed by atoms with Crippen molar-refractivity contribution in [3.8, 4) is 0 Å². The van der Waals surface area contributed by atoms with Gasteiger partial charge in [-0.3, -0.25) is 4.79 Å². The summed E-state index contributed by atoms with van der Waals surface area (Å²) in [5.74, 6) is -0.0817. The summed E-state index contributed by atoms with van der Waals surface area (Å²) in [6.07, 6.45) is 7.61. The molecular weight excluding hydrogens is 366 g/mol. The fraction of sp³-hybridized carbons (Fsp3) is 0.350. The molecule has 1 heterocycles. The van der Waals surface area contributed by atoms with Crippen molar-refractivity contribution >= 4 is 35.0 Å². The summed E-state index contributed by atoms with van der Waals surface area (Å²) in [5, 5.41) is 6.46. The van der Waals surface area contributed by atoms with Gasteiger partial charge in [0.05, 0.1) is 28.9 Å². The van der Waals surface area contributed by atoms with E-state index in [1.165, 1.54) is 44.7 Å². The second-order valence-electron chi connectivity index (χ2n) is 6.55. The minimum absolute atomic E-state index is 0.308. The number of benzene rings is 1. The van der Waals surface area contributed by atoms with Crippen LogP contribution in [0.25, 0.3) is 0 Å². The van der Waals surface area contributed by atoms with Gasteiger partial charge in [-0.15, -0.1) is 0 Å². The third kappa shape index (κ3) is 4.98. The van der Waals surface area contributed by atoms with Crippen LogP contribution >= 0.6 is 11.6 Å². The van der Waals surface area contributed by atoms with Crippen LogP contribution in [0.5, 0.6) is 0 Å². The standard InChI is InChI=1S/C20H22ClN3O3/c1-27-20(26)13-7-9-16(21)17(11-13)24-19(25)14-8-10-18(22-12-14)23-15-5-3-2-4-6-15/h7-12,15H,2-6H2,1H3,(H,22,23)(H,24,25). The topological polar surface area (TPSA) is 80.3 Å². The summed E-state index contributed by atoms with van der Waals surface area (Å²) in [5.41, 5.74) is 1.06. The maximum absolute atomic E-state index is 12.5. The summed E-state index contributed by atoms with van der Waals surface area (Å²) in [6, 6.07) is 8.53. The summed E-state index contributed by atoms with van der Waals surface area (Å²) in [6.45, 7) is 0. The van der Waals surface area contributed by atoms with E-state index in [9.17, 15) is 9.59 Å². The van der Waals surface area contributed by atoms with E-state index in [1.54, 1.807) is 18.2 Å². The molecule has 3 rings (SSSR count). The van der Waals surface area contributed by atoms with Gasteiger partial charge in [0, 0.05) is 12.2 Å². The van der Waals surface area contributed by atoms with Gasteiger partial charge in [0.1, 0.15) is 5.82 Å². The lowest BCUT2D eigenvalue weighted by Gasteiger charge is -2.23. The van der Waals surface area contributed by atoms with Crippen LogP contribution in [0.4, 0.5) is 11.5 Å². The van der Waals surface area contributed by atoms with Gasteiger partial charge in [0.25, 0.3) is 5.91 Å². The third-order valence-electron chi connectivity index (χ3n) is 4.62. The molecule has 0 spiro atoms. The molecular formula is C20H22ClN3O3. The zero-order valence-corrected chi connectivity index (χ0v) is 15.9. The number of amides is 1. The predicted octanol–water partition coefficient (Wildman–Crippen LogP) is 4.52. The molecule has 1 aliphatic carbocycles. The highest BCUT2D eigenvalue weighted by Crippen LogP contribution is 2.24. The molecule has 7 heteroatoms. The van der Waals surface area contributed by atoms with E-state index >= 15 is 0 Å². The number of halogens is 1. The molecule has 0 aliphatic heterocycles. The van der Waals surface area contributed by atoms with Gasteiger partial charge < -0.3 is 15.4 Å². The molecule has 0 unspecified atom stereocenters. The van der Waals surface area contributed by atoms with Crippen LogP contribution in [-0.4, -0.2) is 30.0 Å². The highest BCUT2D eigenvalue weighted by molar-refractivity contribution is 6.34. The van der Waals surface area contributed by atoms with E-state index in [1.807, 2.05) is 0 Å². The average molecular weight is 388 g/mol. The third-order valence-corrected chi connectivity index (χ3v) is 4.95. The monoisotopic (exact) mass is 387 g/mol. The Morgan fingerprint density at radius 1 is 1.11 bits per heavy atom. The lowest BCUT2D eigenvalue weighted by atomic mass is 9.95. The number of rotatable bonds is 5. The molecule has 1 aromatic carbocycles. The van der Waals surface area contributed by atoms with Crippen molar-refractivity contribution in [2.45, 2.75) is 38.1 Å². The van der Waals surface area contributed by atoms with Crippen molar-refractivity contribution in [2.75, 3.05) is 17.7 Å². The van der Waals surface area contributed by atoms with Crippen LogP contribution in [0.3, 0.4) is 0 Å². The molecule has 142 valence electrons. The minimum atomic E-state index is -0.498. The molecule has 0 bridgehead atoms. The zero-order chi connectivity index (χ0) is 19.2. The van der Waals surface area contributed by atoms with Crippen LogP contribution in [-0.2, 0) is 4.74 Å². The minimum Gasteiger partial charge on any atom is -0.465 e. The molecule has 0 saturated heterocycles. The summed E-state index contributed by atoms with van der Waals surface area (Å²) in [7, 11) is 1.30. The van der Waals surface area contributed by atoms with Gasteiger partial charge in [-0.1, -0.05) is 30.9 Å². The first-order valence-corrected chi connectivity index (χ1v) is 9.36. The number of pyridine rings is 1. The summed E-state index contributed by atoms with van der Waals surface area (Å²) in [4.78, 5) is 28.4. The lowest BCUT2D eigenvalue weighted by Crippen LogP contribution is -2.23. The molecule has 1 aromatic heterocycles. The van der Waals surface area contributed by atoms with Crippen LogP contribution in [0.15, 0.2) is 36.5 Å². The van der Waals surface area contributed by atoms with E-state index in [4.69, 9.17) is 11.6 Å². The number of hydrogen-bond acceptors (Lipinski definition) is 5. The Morgan fingerprint density at radius 2 is 1.85 bits per heavy atom. The van der Waals surface area contributed by atoms with Crippen LogP contribution in [0.1, 0.15) is 52.8 Å². The van der Waals surface area contributed by atoms with E-state index < -0.39 is 5.97 Å². The van der Waals surface area contributed by atoms with Gasteiger partial charge in [-0.2, -0.15) is 0 Å². The molecule has 0 atom stereocenters. The van der Waals surface area contributed by atoms with Crippen molar-refractivity contribution in [3.63, 3.8) is 0 Å². The number of ether oxygens (including phenoxy) is 1. The maximum atomic E-state index is 12.5. The average Bonchev–Trinajstić information content (AvgIpc) is 2.70. The highest BCUT2D eigenvalue weighted by atomic mass is 35.5. The van der Waals surface area contributed by atoms with Gasteiger partial charge in [0.15, 0.2) is 0 Å². The first-order valence-electron chi connectivity index (χ1n) is 8.98. The fourth-order valence-corrected chi connectivity index (χ4v) is 3.29. The number of esters is 1. The fourth-order valence-electron chi connectivity index (χ4n) is 3.13.